The van der Waals surface area contributed by atoms with Gasteiger partial charge in [-0.3, -0.25) is 9.59 Å². The Labute approximate surface area is 143 Å². The van der Waals surface area contributed by atoms with E-state index in [-0.39, 0.29) is 23.6 Å². The number of fused-ring (bicyclic) bond motifs is 1. The van der Waals surface area contributed by atoms with E-state index in [9.17, 15) is 14.0 Å². The van der Waals surface area contributed by atoms with Gasteiger partial charge in [0.15, 0.2) is 0 Å². The number of methoxy groups -OCH3 is 1. The molecule has 2 N–H and O–H groups in total. The van der Waals surface area contributed by atoms with Crippen molar-refractivity contribution in [3.63, 3.8) is 0 Å². The zero-order valence-electron chi connectivity index (χ0n) is 13.6. The maximum absolute atomic E-state index is 13.1. The lowest BCUT2D eigenvalue weighted by atomic mass is 10.1. The van der Waals surface area contributed by atoms with Gasteiger partial charge in [-0.05, 0) is 48.2 Å². The standard InChI is InChI=1S/C19H17FN2O3/c1-25-16-6-5-12-9-14(19(24)22-17(12)11-16)7-8-21-18(23)13-3-2-4-15(20)10-13/h2-6,9-11H,7-8H2,1H3,(H,21,23)(H,22,24). The number of ether oxygens (including phenoxy) is 1. The molecule has 0 aliphatic heterocycles. The van der Waals surface area contributed by atoms with Crippen molar-refractivity contribution in [3.05, 3.63) is 75.8 Å². The van der Waals surface area contributed by atoms with Crippen molar-refractivity contribution < 1.29 is 13.9 Å². The summed E-state index contributed by atoms with van der Waals surface area (Å²) in [6.07, 6.45) is 0.373. The second-order valence-corrected chi connectivity index (χ2v) is 5.59. The van der Waals surface area contributed by atoms with Crippen LogP contribution in [0.4, 0.5) is 4.39 Å². The smallest absolute Gasteiger partial charge is 0.251 e. The highest BCUT2D eigenvalue weighted by Gasteiger charge is 2.08. The number of carbonyl (C=O) groups excluding carboxylic acids is 1. The number of H-pyrrole nitrogens is 1. The molecule has 0 saturated heterocycles. The Kier molecular flexibility index (Phi) is 4.79. The SMILES string of the molecule is COc1ccc2cc(CCNC(=O)c3cccc(F)c3)c(=O)[nH]c2c1. The highest BCUT2D eigenvalue weighted by Crippen LogP contribution is 2.18. The molecule has 1 heterocycles. The number of pyridine rings is 1. The first-order valence-electron chi connectivity index (χ1n) is 7.80. The van der Waals surface area contributed by atoms with Crippen LogP contribution in [0.3, 0.4) is 0 Å². The van der Waals surface area contributed by atoms with Crippen LogP contribution in [0.5, 0.6) is 5.75 Å². The van der Waals surface area contributed by atoms with E-state index in [1.54, 1.807) is 19.2 Å². The van der Waals surface area contributed by atoms with Gasteiger partial charge >= 0.3 is 0 Å². The summed E-state index contributed by atoms with van der Waals surface area (Å²) in [7, 11) is 1.56. The molecule has 0 saturated carbocycles. The molecule has 0 aliphatic rings. The number of amides is 1. The largest absolute Gasteiger partial charge is 0.497 e. The summed E-state index contributed by atoms with van der Waals surface area (Å²) in [4.78, 5) is 27.0. The van der Waals surface area contributed by atoms with Crippen LogP contribution in [0, 0.1) is 5.82 Å². The van der Waals surface area contributed by atoms with Crippen molar-refractivity contribution >= 4 is 16.8 Å². The van der Waals surface area contributed by atoms with Crippen molar-refractivity contribution in [1.82, 2.24) is 10.3 Å². The van der Waals surface area contributed by atoms with Gasteiger partial charge in [0.1, 0.15) is 11.6 Å². The molecule has 1 amide bonds. The number of hydrogen-bond acceptors (Lipinski definition) is 3. The second-order valence-electron chi connectivity index (χ2n) is 5.59. The maximum Gasteiger partial charge on any atom is 0.251 e. The molecule has 0 aliphatic carbocycles. The number of aromatic nitrogens is 1. The topological polar surface area (TPSA) is 71.2 Å². The fourth-order valence-electron chi connectivity index (χ4n) is 2.58. The number of rotatable bonds is 5. The van der Waals surface area contributed by atoms with Crippen LogP contribution in [-0.2, 0) is 6.42 Å². The summed E-state index contributed by atoms with van der Waals surface area (Å²) in [5.74, 6) is -0.172. The molecular formula is C19H17FN2O3. The summed E-state index contributed by atoms with van der Waals surface area (Å²) < 4.78 is 18.3. The molecule has 6 heteroatoms. The van der Waals surface area contributed by atoms with E-state index in [1.165, 1.54) is 24.3 Å². The van der Waals surface area contributed by atoms with E-state index in [1.807, 2.05) is 12.1 Å². The maximum atomic E-state index is 13.1. The first-order chi connectivity index (χ1) is 12.1. The number of nitrogens with one attached hydrogen (secondary N) is 2. The molecule has 2 aromatic carbocycles. The minimum atomic E-state index is -0.464. The molecular weight excluding hydrogens is 323 g/mol. The number of carbonyl (C=O) groups is 1. The fourth-order valence-corrected chi connectivity index (χ4v) is 2.58. The quantitative estimate of drug-likeness (QED) is 0.750. The zero-order valence-corrected chi connectivity index (χ0v) is 13.6. The van der Waals surface area contributed by atoms with Gasteiger partial charge in [0.05, 0.1) is 12.6 Å². The van der Waals surface area contributed by atoms with Crippen molar-refractivity contribution in [2.24, 2.45) is 0 Å². The summed E-state index contributed by atoms with van der Waals surface area (Å²) in [5.41, 5.74) is 1.30. The molecule has 0 spiro atoms. The number of aromatic amines is 1. The van der Waals surface area contributed by atoms with E-state index in [2.05, 4.69) is 10.3 Å². The Morgan fingerprint density at radius 1 is 1.20 bits per heavy atom. The van der Waals surface area contributed by atoms with Crippen LogP contribution >= 0.6 is 0 Å². The molecule has 5 nitrogen and oxygen atoms in total. The van der Waals surface area contributed by atoms with Gasteiger partial charge in [0.2, 0.25) is 0 Å². The van der Waals surface area contributed by atoms with Gasteiger partial charge < -0.3 is 15.0 Å². The third-order valence-corrected chi connectivity index (χ3v) is 3.90. The second kappa shape index (κ2) is 7.17. The number of hydrogen-bond donors (Lipinski definition) is 2. The molecule has 0 fully saturated rings. The first-order valence-corrected chi connectivity index (χ1v) is 7.80. The summed E-state index contributed by atoms with van der Waals surface area (Å²) in [6, 6.07) is 12.7. The Bertz CT molecular complexity index is 982. The lowest BCUT2D eigenvalue weighted by Gasteiger charge is -2.07. The number of benzene rings is 2. The molecule has 0 radical (unpaired) electrons. The average Bonchev–Trinajstić information content (AvgIpc) is 2.61. The van der Waals surface area contributed by atoms with Crippen LogP contribution < -0.4 is 15.6 Å². The van der Waals surface area contributed by atoms with E-state index in [0.717, 1.165) is 5.39 Å². The monoisotopic (exact) mass is 340 g/mol. The zero-order chi connectivity index (χ0) is 17.8. The van der Waals surface area contributed by atoms with Gasteiger partial charge in [0.25, 0.3) is 11.5 Å². The lowest BCUT2D eigenvalue weighted by molar-refractivity contribution is 0.0953. The van der Waals surface area contributed by atoms with Gasteiger partial charge in [-0.25, -0.2) is 4.39 Å². The molecule has 128 valence electrons. The van der Waals surface area contributed by atoms with Gasteiger partial charge in [0, 0.05) is 23.7 Å². The summed E-state index contributed by atoms with van der Waals surface area (Å²) in [5, 5.41) is 3.57. The molecule has 1 aromatic heterocycles. The van der Waals surface area contributed by atoms with Crippen LogP contribution in [0.15, 0.2) is 53.3 Å². The Morgan fingerprint density at radius 3 is 2.80 bits per heavy atom. The lowest BCUT2D eigenvalue weighted by Crippen LogP contribution is -2.27. The third kappa shape index (κ3) is 3.85. The van der Waals surface area contributed by atoms with E-state index >= 15 is 0 Å². The fraction of sp³-hybridized carbons (Fsp3) is 0.158. The van der Waals surface area contributed by atoms with Crippen LogP contribution in [0.25, 0.3) is 10.9 Å². The van der Waals surface area contributed by atoms with Crippen LogP contribution in [0.2, 0.25) is 0 Å². The molecule has 0 unspecified atom stereocenters. The minimum Gasteiger partial charge on any atom is -0.497 e. The van der Waals surface area contributed by atoms with Crippen LogP contribution in [-0.4, -0.2) is 24.5 Å². The highest BCUT2D eigenvalue weighted by molar-refractivity contribution is 5.94. The average molecular weight is 340 g/mol. The Balaban J connectivity index is 1.70. The Morgan fingerprint density at radius 2 is 2.04 bits per heavy atom. The van der Waals surface area contributed by atoms with Crippen molar-refractivity contribution in [3.8, 4) is 5.75 Å². The number of halogens is 1. The first kappa shape index (κ1) is 16.7. The predicted molar refractivity (Wildman–Crippen MR) is 93.6 cm³/mol. The van der Waals surface area contributed by atoms with Crippen LogP contribution in [0.1, 0.15) is 15.9 Å². The van der Waals surface area contributed by atoms with Crippen molar-refractivity contribution in [2.75, 3.05) is 13.7 Å². The molecule has 0 atom stereocenters. The highest BCUT2D eigenvalue weighted by atomic mass is 19.1. The molecule has 0 bridgehead atoms. The van der Waals surface area contributed by atoms with Crippen molar-refractivity contribution in [1.29, 1.82) is 0 Å². The normalized spacial score (nSPS) is 10.6. The third-order valence-electron chi connectivity index (χ3n) is 3.90. The Hall–Kier alpha value is -3.15. The summed E-state index contributed by atoms with van der Waals surface area (Å²) >= 11 is 0. The van der Waals surface area contributed by atoms with E-state index in [4.69, 9.17) is 4.74 Å². The van der Waals surface area contributed by atoms with E-state index in [0.29, 0.717) is 23.3 Å². The van der Waals surface area contributed by atoms with E-state index < -0.39 is 5.82 Å². The predicted octanol–water partition coefficient (Wildman–Crippen LogP) is 2.65. The van der Waals surface area contributed by atoms with Crippen molar-refractivity contribution in [2.45, 2.75) is 6.42 Å². The molecule has 25 heavy (non-hydrogen) atoms. The van der Waals surface area contributed by atoms with Gasteiger partial charge in [-0.2, -0.15) is 0 Å². The van der Waals surface area contributed by atoms with Gasteiger partial charge in [-0.15, -0.1) is 0 Å². The summed E-state index contributed by atoms with van der Waals surface area (Å²) in [6.45, 7) is 0.278. The van der Waals surface area contributed by atoms with Gasteiger partial charge in [-0.1, -0.05) is 6.07 Å². The molecule has 3 rings (SSSR count). The minimum absolute atomic E-state index is 0.208. The molecule has 3 aromatic rings.